The van der Waals surface area contributed by atoms with Crippen LogP contribution in [0.2, 0.25) is 0 Å². The zero-order valence-electron chi connectivity index (χ0n) is 19.6. The minimum atomic E-state index is -0.114. The molecule has 5 rings (SSSR count). The Balaban J connectivity index is 1.35. The number of amides is 1. The van der Waals surface area contributed by atoms with E-state index in [2.05, 4.69) is 41.1 Å². The monoisotopic (exact) mass is 565 g/mol. The molecule has 0 bridgehead atoms. The van der Waals surface area contributed by atoms with Gasteiger partial charge in [0.25, 0.3) is 5.91 Å². The van der Waals surface area contributed by atoms with Gasteiger partial charge in [-0.15, -0.1) is 5.10 Å². The highest BCUT2D eigenvalue weighted by molar-refractivity contribution is 9.10. The van der Waals surface area contributed by atoms with Gasteiger partial charge in [-0.25, -0.2) is 14.6 Å². The summed E-state index contributed by atoms with van der Waals surface area (Å²) in [5.74, 6) is 1.17. The molecule has 0 atom stereocenters. The van der Waals surface area contributed by atoms with E-state index < -0.39 is 0 Å². The summed E-state index contributed by atoms with van der Waals surface area (Å²) in [6.45, 7) is 2.68. The Morgan fingerprint density at radius 3 is 2.31 bits per heavy atom. The largest absolute Gasteiger partial charge is 0.497 e. The Hall–Kier alpha value is -3.44. The fourth-order valence-electron chi connectivity index (χ4n) is 3.99. The number of methoxy groups -OCH3 is 1. The molecule has 0 unspecified atom stereocenters. The average Bonchev–Trinajstić information content (AvgIpc) is 3.36. The predicted molar refractivity (Wildman–Crippen MR) is 142 cm³/mol. The van der Waals surface area contributed by atoms with Crippen LogP contribution >= 0.6 is 27.7 Å². The second-order valence-corrected chi connectivity index (χ2v) is 9.93. The number of rotatable bonds is 7. The topological polar surface area (TPSA) is 89.3 Å². The number of ether oxygens (including phenoxy) is 1. The molecule has 3 heterocycles. The van der Waals surface area contributed by atoms with Crippen molar-refractivity contribution in [2.75, 3.05) is 38.2 Å². The first-order chi connectivity index (χ1) is 17.6. The SMILES string of the molecule is COc1ccc(N2CCN(C(=O)c3nnn(-c4ccc(Br)cc4)c3CSc3ncccn3)CC2)cc1. The van der Waals surface area contributed by atoms with Crippen molar-refractivity contribution >= 4 is 39.3 Å². The number of hydrogen-bond acceptors (Lipinski definition) is 8. The van der Waals surface area contributed by atoms with Crippen LogP contribution in [0.5, 0.6) is 5.75 Å². The first kappa shape index (κ1) is 24.3. The molecule has 1 amide bonds. The van der Waals surface area contributed by atoms with E-state index in [0.717, 1.165) is 40.4 Å². The highest BCUT2D eigenvalue weighted by atomic mass is 79.9. The van der Waals surface area contributed by atoms with Crippen LogP contribution < -0.4 is 9.64 Å². The van der Waals surface area contributed by atoms with Crippen LogP contribution in [0.15, 0.2) is 76.6 Å². The van der Waals surface area contributed by atoms with E-state index in [9.17, 15) is 4.79 Å². The van der Waals surface area contributed by atoms with Crippen LogP contribution in [0.4, 0.5) is 5.69 Å². The predicted octanol–water partition coefficient (Wildman–Crippen LogP) is 4.08. The van der Waals surface area contributed by atoms with Gasteiger partial charge in [-0.2, -0.15) is 0 Å². The van der Waals surface area contributed by atoms with Gasteiger partial charge in [0.1, 0.15) is 5.75 Å². The number of nitrogens with zero attached hydrogens (tertiary/aromatic N) is 7. The Morgan fingerprint density at radius 2 is 1.64 bits per heavy atom. The molecular weight excluding hydrogens is 542 g/mol. The van der Waals surface area contributed by atoms with Gasteiger partial charge in [0.15, 0.2) is 10.9 Å². The van der Waals surface area contributed by atoms with Gasteiger partial charge in [0.2, 0.25) is 0 Å². The molecule has 36 heavy (non-hydrogen) atoms. The molecule has 9 nitrogen and oxygen atoms in total. The fraction of sp³-hybridized carbons (Fsp3) is 0.240. The van der Waals surface area contributed by atoms with Crippen LogP contribution in [0.25, 0.3) is 5.69 Å². The van der Waals surface area contributed by atoms with E-state index in [4.69, 9.17) is 4.74 Å². The third-order valence-electron chi connectivity index (χ3n) is 5.92. The van der Waals surface area contributed by atoms with Gasteiger partial charge in [0, 0.05) is 54.5 Å². The van der Waals surface area contributed by atoms with Crippen LogP contribution in [0, 0.1) is 0 Å². The summed E-state index contributed by atoms with van der Waals surface area (Å²) in [5, 5.41) is 9.31. The van der Waals surface area contributed by atoms with Gasteiger partial charge >= 0.3 is 0 Å². The normalized spacial score (nSPS) is 13.6. The van der Waals surface area contributed by atoms with E-state index in [0.29, 0.717) is 29.7 Å². The van der Waals surface area contributed by atoms with Crippen molar-refractivity contribution in [1.82, 2.24) is 29.9 Å². The van der Waals surface area contributed by atoms with Crippen LogP contribution in [0.1, 0.15) is 16.2 Å². The summed E-state index contributed by atoms with van der Waals surface area (Å²) in [5.41, 5.74) is 3.03. The number of hydrogen-bond donors (Lipinski definition) is 0. The maximum absolute atomic E-state index is 13.6. The average molecular weight is 566 g/mol. The minimum Gasteiger partial charge on any atom is -0.497 e. The van der Waals surface area contributed by atoms with Crippen molar-refractivity contribution in [3.8, 4) is 11.4 Å². The lowest BCUT2D eigenvalue weighted by molar-refractivity contribution is 0.0740. The standard InChI is InChI=1S/C25H24BrN7O2S/c1-35-21-9-7-19(8-10-21)31-13-15-32(16-14-31)24(34)23-22(17-36-25-27-11-2-12-28-25)33(30-29-23)20-5-3-18(26)4-6-20/h2-12H,13-17H2,1H3. The zero-order chi connectivity index (χ0) is 24.9. The third-order valence-corrected chi connectivity index (χ3v) is 7.34. The summed E-state index contributed by atoms with van der Waals surface area (Å²) in [6, 6.07) is 17.5. The van der Waals surface area contributed by atoms with Crippen molar-refractivity contribution in [1.29, 1.82) is 0 Å². The lowest BCUT2D eigenvalue weighted by Crippen LogP contribution is -2.49. The molecule has 0 aliphatic carbocycles. The van der Waals surface area contributed by atoms with E-state index >= 15 is 0 Å². The zero-order valence-corrected chi connectivity index (χ0v) is 22.0. The number of anilines is 1. The quantitative estimate of drug-likeness (QED) is 0.244. The lowest BCUT2D eigenvalue weighted by Gasteiger charge is -2.36. The Labute approximate surface area is 221 Å². The van der Waals surface area contributed by atoms with Crippen molar-refractivity contribution in [3.63, 3.8) is 0 Å². The molecule has 11 heteroatoms. The van der Waals surface area contributed by atoms with Crippen molar-refractivity contribution in [3.05, 3.63) is 82.9 Å². The van der Waals surface area contributed by atoms with Gasteiger partial charge in [0.05, 0.1) is 18.5 Å². The Kier molecular flexibility index (Phi) is 7.47. The molecule has 1 saturated heterocycles. The number of benzene rings is 2. The number of aromatic nitrogens is 5. The number of piperazine rings is 1. The number of thioether (sulfide) groups is 1. The van der Waals surface area contributed by atoms with Gasteiger partial charge < -0.3 is 14.5 Å². The molecule has 1 fully saturated rings. The third kappa shape index (κ3) is 5.36. The maximum Gasteiger partial charge on any atom is 0.276 e. The van der Waals surface area contributed by atoms with E-state index in [-0.39, 0.29) is 5.91 Å². The smallest absolute Gasteiger partial charge is 0.276 e. The van der Waals surface area contributed by atoms with Crippen molar-refractivity contribution in [2.45, 2.75) is 10.9 Å². The Morgan fingerprint density at radius 1 is 0.972 bits per heavy atom. The van der Waals surface area contributed by atoms with Gasteiger partial charge in [-0.3, -0.25) is 4.79 Å². The fourth-order valence-corrected chi connectivity index (χ4v) is 5.05. The van der Waals surface area contributed by atoms with Gasteiger partial charge in [-0.1, -0.05) is 32.9 Å². The molecular formula is C25H24BrN7O2S. The highest BCUT2D eigenvalue weighted by Crippen LogP contribution is 2.25. The Bertz CT molecular complexity index is 1310. The highest BCUT2D eigenvalue weighted by Gasteiger charge is 2.28. The van der Waals surface area contributed by atoms with E-state index in [1.165, 1.54) is 11.8 Å². The molecule has 0 radical (unpaired) electrons. The second kappa shape index (κ2) is 11.1. The van der Waals surface area contributed by atoms with Crippen LogP contribution in [-0.2, 0) is 5.75 Å². The molecule has 0 N–H and O–H groups in total. The molecule has 1 aliphatic rings. The molecule has 0 spiro atoms. The summed E-state index contributed by atoms with van der Waals surface area (Å²) >= 11 is 4.92. The lowest BCUT2D eigenvalue weighted by atomic mass is 10.2. The first-order valence-electron chi connectivity index (χ1n) is 11.4. The molecule has 184 valence electrons. The first-order valence-corrected chi connectivity index (χ1v) is 13.2. The summed E-state index contributed by atoms with van der Waals surface area (Å²) < 4.78 is 7.94. The van der Waals surface area contributed by atoms with Crippen molar-refractivity contribution in [2.24, 2.45) is 0 Å². The second-order valence-electron chi connectivity index (χ2n) is 8.07. The summed E-state index contributed by atoms with van der Waals surface area (Å²) in [7, 11) is 1.66. The maximum atomic E-state index is 13.6. The van der Waals surface area contributed by atoms with E-state index in [1.807, 2.05) is 53.4 Å². The summed E-state index contributed by atoms with van der Waals surface area (Å²) in [6.07, 6.45) is 3.40. The molecule has 4 aromatic rings. The summed E-state index contributed by atoms with van der Waals surface area (Å²) in [4.78, 5) is 26.3. The molecule has 2 aromatic heterocycles. The van der Waals surface area contributed by atoms with Crippen molar-refractivity contribution < 1.29 is 9.53 Å². The molecule has 0 saturated carbocycles. The van der Waals surface area contributed by atoms with E-state index in [1.54, 1.807) is 30.3 Å². The van der Waals surface area contributed by atoms with Crippen LogP contribution in [-0.4, -0.2) is 69.1 Å². The van der Waals surface area contributed by atoms with Crippen LogP contribution in [0.3, 0.4) is 0 Å². The molecule has 2 aromatic carbocycles. The van der Waals surface area contributed by atoms with Gasteiger partial charge in [-0.05, 0) is 54.6 Å². The number of carbonyl (C=O) groups excluding carboxylic acids is 1. The number of halogens is 1. The molecule has 1 aliphatic heterocycles. The minimum absolute atomic E-state index is 0.114. The number of carbonyl (C=O) groups is 1.